The van der Waals surface area contributed by atoms with Crippen LogP contribution in [0.3, 0.4) is 0 Å². The van der Waals surface area contributed by atoms with Crippen LogP contribution in [0.1, 0.15) is 12.1 Å². The molecule has 17 heavy (non-hydrogen) atoms. The summed E-state index contributed by atoms with van der Waals surface area (Å²) in [5, 5.41) is 1.09. The molecular formula is C15H11NO. The Kier molecular flexibility index (Phi) is 2.33. The number of hydrogen-bond donors (Lipinski definition) is 0. The molecule has 1 aromatic carbocycles. The number of Topliss-reactive ketones (excluding diaryl/α,β-unsaturated/α-hetero) is 1. The molecule has 1 aliphatic carbocycles. The Morgan fingerprint density at radius 1 is 1.06 bits per heavy atom. The van der Waals surface area contributed by atoms with E-state index in [0.717, 1.165) is 16.6 Å². The van der Waals surface area contributed by atoms with Crippen LogP contribution < -0.4 is 0 Å². The first-order chi connectivity index (χ1) is 8.34. The van der Waals surface area contributed by atoms with Crippen LogP contribution in [0.4, 0.5) is 0 Å². The van der Waals surface area contributed by atoms with Crippen molar-refractivity contribution in [1.29, 1.82) is 0 Å². The molecule has 0 amide bonds. The topological polar surface area (TPSA) is 30.0 Å². The summed E-state index contributed by atoms with van der Waals surface area (Å²) in [6, 6.07) is 11.8. The second-order valence-electron chi connectivity index (χ2n) is 4.02. The van der Waals surface area contributed by atoms with Gasteiger partial charge in [0.25, 0.3) is 0 Å². The lowest BCUT2D eigenvalue weighted by Gasteiger charge is -2.08. The third-order valence-electron chi connectivity index (χ3n) is 2.88. The lowest BCUT2D eigenvalue weighted by Crippen LogP contribution is -2.04. The highest BCUT2D eigenvalue weighted by atomic mass is 16.1. The highest BCUT2D eigenvalue weighted by Crippen LogP contribution is 2.21. The van der Waals surface area contributed by atoms with Crippen LogP contribution in [0.5, 0.6) is 0 Å². The first-order valence-corrected chi connectivity index (χ1v) is 5.61. The molecule has 1 aliphatic rings. The lowest BCUT2D eigenvalue weighted by atomic mass is 9.99. The van der Waals surface area contributed by atoms with Crippen LogP contribution in [0.25, 0.3) is 16.5 Å². The molecule has 0 radical (unpaired) electrons. The van der Waals surface area contributed by atoms with Crippen molar-refractivity contribution in [1.82, 2.24) is 4.98 Å². The van der Waals surface area contributed by atoms with Crippen molar-refractivity contribution in [2.45, 2.75) is 6.42 Å². The van der Waals surface area contributed by atoms with Crippen molar-refractivity contribution < 1.29 is 4.79 Å². The Hall–Kier alpha value is -2.22. The number of fused-ring (bicyclic) bond motifs is 1. The lowest BCUT2D eigenvalue weighted by molar-refractivity contribution is -0.113. The van der Waals surface area contributed by atoms with Crippen LogP contribution in [0.2, 0.25) is 0 Å². The summed E-state index contributed by atoms with van der Waals surface area (Å²) in [5.74, 6) is 0.135. The Balaban J connectivity index is 2.15. The van der Waals surface area contributed by atoms with Gasteiger partial charge < -0.3 is 0 Å². The number of aromatic nitrogens is 1. The zero-order chi connectivity index (χ0) is 11.7. The minimum atomic E-state index is 0.135. The molecule has 0 aliphatic heterocycles. The normalized spacial score (nSPS) is 15.1. The van der Waals surface area contributed by atoms with E-state index in [0.29, 0.717) is 12.0 Å². The predicted molar refractivity (Wildman–Crippen MR) is 68.5 cm³/mol. The number of ketones is 1. The highest BCUT2D eigenvalue weighted by Gasteiger charge is 2.13. The summed E-state index contributed by atoms with van der Waals surface area (Å²) < 4.78 is 0. The van der Waals surface area contributed by atoms with E-state index in [-0.39, 0.29) is 5.78 Å². The van der Waals surface area contributed by atoms with Crippen LogP contribution in [0.15, 0.2) is 54.6 Å². The molecule has 0 saturated carbocycles. The molecule has 0 saturated heterocycles. The van der Waals surface area contributed by atoms with Crippen molar-refractivity contribution in [3.63, 3.8) is 0 Å². The molecule has 2 heteroatoms. The number of hydrogen-bond acceptors (Lipinski definition) is 2. The van der Waals surface area contributed by atoms with Crippen LogP contribution in [-0.4, -0.2) is 10.8 Å². The minimum Gasteiger partial charge on any atom is -0.294 e. The smallest absolute Gasteiger partial charge is 0.168 e. The summed E-state index contributed by atoms with van der Waals surface area (Å²) in [6.07, 6.45) is 6.09. The molecule has 1 aromatic heterocycles. The van der Waals surface area contributed by atoms with E-state index >= 15 is 0 Å². The molecule has 0 unspecified atom stereocenters. The fourth-order valence-electron chi connectivity index (χ4n) is 1.99. The maximum atomic E-state index is 11.8. The molecule has 0 spiro atoms. The first-order valence-electron chi connectivity index (χ1n) is 5.61. The Morgan fingerprint density at radius 2 is 1.94 bits per heavy atom. The fourth-order valence-corrected chi connectivity index (χ4v) is 1.99. The standard InChI is InChI=1S/C15H11NO/c17-15-8-4-2-6-12(15)14-10-9-11-5-1-3-7-13(11)16-14/h1-7,9-10H,8H2. The van der Waals surface area contributed by atoms with E-state index in [1.807, 2.05) is 54.6 Å². The van der Waals surface area contributed by atoms with Gasteiger partial charge in [-0.05, 0) is 18.2 Å². The van der Waals surface area contributed by atoms with Gasteiger partial charge in [-0.1, -0.05) is 36.4 Å². The summed E-state index contributed by atoms with van der Waals surface area (Å²) in [5.41, 5.74) is 2.39. The summed E-state index contributed by atoms with van der Waals surface area (Å²) >= 11 is 0. The fraction of sp³-hybridized carbons (Fsp3) is 0.0667. The van der Waals surface area contributed by atoms with Gasteiger partial charge in [-0.3, -0.25) is 4.79 Å². The molecule has 2 nitrogen and oxygen atoms in total. The molecular weight excluding hydrogens is 210 g/mol. The predicted octanol–water partition coefficient (Wildman–Crippen LogP) is 3.15. The Bertz CT molecular complexity index is 653. The van der Waals surface area contributed by atoms with Gasteiger partial charge in [0.15, 0.2) is 5.78 Å². The van der Waals surface area contributed by atoms with E-state index in [4.69, 9.17) is 0 Å². The van der Waals surface area contributed by atoms with E-state index in [2.05, 4.69) is 4.98 Å². The molecule has 0 bridgehead atoms. The average molecular weight is 221 g/mol. The van der Waals surface area contributed by atoms with E-state index in [9.17, 15) is 4.79 Å². The monoisotopic (exact) mass is 221 g/mol. The van der Waals surface area contributed by atoms with Crippen molar-refractivity contribution in [2.24, 2.45) is 0 Å². The van der Waals surface area contributed by atoms with Crippen molar-refractivity contribution >= 4 is 22.3 Å². The minimum absolute atomic E-state index is 0.135. The molecule has 1 heterocycles. The number of nitrogens with zero attached hydrogens (tertiary/aromatic N) is 1. The quantitative estimate of drug-likeness (QED) is 0.740. The molecule has 2 aromatic rings. The van der Waals surface area contributed by atoms with E-state index in [1.54, 1.807) is 0 Å². The van der Waals surface area contributed by atoms with Gasteiger partial charge in [0, 0.05) is 17.4 Å². The zero-order valence-corrected chi connectivity index (χ0v) is 9.26. The third kappa shape index (κ3) is 1.78. The van der Waals surface area contributed by atoms with Crippen LogP contribution >= 0.6 is 0 Å². The van der Waals surface area contributed by atoms with Gasteiger partial charge in [0.2, 0.25) is 0 Å². The van der Waals surface area contributed by atoms with Gasteiger partial charge in [0.05, 0.1) is 11.2 Å². The number of rotatable bonds is 1. The average Bonchev–Trinajstić information content (AvgIpc) is 2.39. The number of carbonyl (C=O) groups is 1. The van der Waals surface area contributed by atoms with E-state index < -0.39 is 0 Å². The largest absolute Gasteiger partial charge is 0.294 e. The SMILES string of the molecule is O=C1CC=CC=C1c1ccc2ccccc2n1. The van der Waals surface area contributed by atoms with Crippen LogP contribution in [0, 0.1) is 0 Å². The maximum Gasteiger partial charge on any atom is 0.168 e. The summed E-state index contributed by atoms with van der Waals surface area (Å²) in [7, 11) is 0. The van der Waals surface area contributed by atoms with Crippen molar-refractivity contribution in [2.75, 3.05) is 0 Å². The van der Waals surface area contributed by atoms with Gasteiger partial charge in [0.1, 0.15) is 0 Å². The first kappa shape index (κ1) is 9.97. The molecule has 82 valence electrons. The van der Waals surface area contributed by atoms with Gasteiger partial charge in [-0.15, -0.1) is 0 Å². The van der Waals surface area contributed by atoms with Gasteiger partial charge >= 0.3 is 0 Å². The Morgan fingerprint density at radius 3 is 2.82 bits per heavy atom. The van der Waals surface area contributed by atoms with Crippen LogP contribution in [-0.2, 0) is 4.79 Å². The molecule has 0 N–H and O–H groups in total. The zero-order valence-electron chi connectivity index (χ0n) is 9.26. The number of pyridine rings is 1. The Labute approximate surface area is 99.3 Å². The number of benzene rings is 1. The van der Waals surface area contributed by atoms with E-state index in [1.165, 1.54) is 0 Å². The molecule has 0 fully saturated rings. The third-order valence-corrected chi connectivity index (χ3v) is 2.88. The molecule has 3 rings (SSSR count). The summed E-state index contributed by atoms with van der Waals surface area (Å²) in [6.45, 7) is 0. The molecule has 0 atom stereocenters. The maximum absolute atomic E-state index is 11.8. The highest BCUT2D eigenvalue weighted by molar-refractivity contribution is 6.22. The van der Waals surface area contributed by atoms with Crippen molar-refractivity contribution in [3.05, 3.63) is 60.3 Å². The second kappa shape index (κ2) is 3.98. The summed E-state index contributed by atoms with van der Waals surface area (Å²) in [4.78, 5) is 16.3. The van der Waals surface area contributed by atoms with Crippen molar-refractivity contribution in [3.8, 4) is 0 Å². The van der Waals surface area contributed by atoms with Gasteiger partial charge in [-0.25, -0.2) is 4.98 Å². The number of carbonyl (C=O) groups excluding carboxylic acids is 1. The number of para-hydroxylation sites is 1. The second-order valence-corrected chi connectivity index (χ2v) is 4.02. The number of allylic oxidation sites excluding steroid dienone is 4. The van der Waals surface area contributed by atoms with Gasteiger partial charge in [-0.2, -0.15) is 0 Å².